The molecule has 7 heteroatoms. The smallest absolute Gasteiger partial charge is 0.340 e. The van der Waals surface area contributed by atoms with Crippen molar-refractivity contribution in [2.24, 2.45) is 10.2 Å². The number of benzene rings is 1. The second-order valence-corrected chi connectivity index (χ2v) is 6.38. The van der Waals surface area contributed by atoms with Crippen LogP contribution in [-0.2, 0) is 9.53 Å². The van der Waals surface area contributed by atoms with Crippen LogP contribution >= 0.6 is 23.5 Å². The number of halogens is 1. The highest BCUT2D eigenvalue weighted by atomic mass is 32.2. The molecule has 2 rings (SSSR count). The molecular formula is C13H13FN2O2S2. The zero-order valence-electron chi connectivity index (χ0n) is 11.2. The molecule has 1 aliphatic heterocycles. The van der Waals surface area contributed by atoms with E-state index in [0.29, 0.717) is 10.6 Å². The zero-order valence-corrected chi connectivity index (χ0v) is 12.8. The van der Waals surface area contributed by atoms with Gasteiger partial charge in [-0.25, -0.2) is 9.18 Å². The van der Waals surface area contributed by atoms with Crippen LogP contribution in [0.4, 0.5) is 4.39 Å². The van der Waals surface area contributed by atoms with Crippen LogP contribution in [0.5, 0.6) is 0 Å². The van der Waals surface area contributed by atoms with Gasteiger partial charge in [0.1, 0.15) is 16.4 Å². The Morgan fingerprint density at radius 3 is 2.55 bits per heavy atom. The molecule has 0 amide bonds. The Morgan fingerprint density at radius 2 is 2.00 bits per heavy atom. The average Bonchev–Trinajstić information content (AvgIpc) is 2.77. The number of hydrogen-bond donors (Lipinski definition) is 0. The third-order valence-electron chi connectivity index (χ3n) is 2.72. The Morgan fingerprint density at radius 1 is 1.35 bits per heavy atom. The van der Waals surface area contributed by atoms with Crippen LogP contribution in [-0.4, -0.2) is 24.2 Å². The summed E-state index contributed by atoms with van der Waals surface area (Å²) >= 11 is 2.68. The van der Waals surface area contributed by atoms with Crippen molar-refractivity contribution in [3.05, 3.63) is 40.7 Å². The van der Waals surface area contributed by atoms with E-state index in [0.717, 1.165) is 4.90 Å². The highest BCUT2D eigenvalue weighted by Gasteiger charge is 2.42. The first kappa shape index (κ1) is 15.1. The molecule has 1 atom stereocenters. The minimum absolute atomic E-state index is 0.305. The van der Waals surface area contributed by atoms with Crippen molar-refractivity contribution in [3.8, 4) is 0 Å². The van der Waals surface area contributed by atoms with Gasteiger partial charge in [-0.05, 0) is 37.4 Å². The lowest BCUT2D eigenvalue weighted by molar-refractivity contribution is -0.136. The summed E-state index contributed by atoms with van der Waals surface area (Å²) in [7, 11) is 1.33. The van der Waals surface area contributed by atoms with Crippen molar-refractivity contribution in [2.45, 2.75) is 16.7 Å². The third-order valence-corrected chi connectivity index (χ3v) is 4.59. The molecule has 106 valence electrons. The molecule has 0 N–H and O–H groups in total. The number of methoxy groups -OCH3 is 1. The summed E-state index contributed by atoms with van der Waals surface area (Å²) in [6, 6.07) is 6.03. The first-order valence-corrected chi connectivity index (χ1v) is 7.79. The number of thioether (sulfide) groups is 2. The number of ether oxygens (including phenoxy) is 1. The van der Waals surface area contributed by atoms with Crippen LogP contribution < -0.4 is 0 Å². The SMILES string of the molecule is COC(=O)C1=C(SC)N=NC1(C)Sc1ccc(F)cc1. The topological polar surface area (TPSA) is 51.0 Å². The van der Waals surface area contributed by atoms with Gasteiger partial charge in [0.25, 0.3) is 0 Å². The summed E-state index contributed by atoms with van der Waals surface area (Å²) in [5.74, 6) is -0.752. The molecule has 0 fully saturated rings. The molecule has 20 heavy (non-hydrogen) atoms. The van der Waals surface area contributed by atoms with E-state index in [4.69, 9.17) is 4.74 Å². The van der Waals surface area contributed by atoms with E-state index in [1.807, 2.05) is 6.26 Å². The maximum absolute atomic E-state index is 12.9. The van der Waals surface area contributed by atoms with Gasteiger partial charge in [-0.2, -0.15) is 5.11 Å². The van der Waals surface area contributed by atoms with Gasteiger partial charge in [0.05, 0.1) is 7.11 Å². The van der Waals surface area contributed by atoms with Gasteiger partial charge < -0.3 is 4.74 Å². The average molecular weight is 312 g/mol. The van der Waals surface area contributed by atoms with E-state index in [1.165, 1.54) is 42.8 Å². The number of esters is 1. The molecule has 0 saturated heterocycles. The molecule has 0 radical (unpaired) electrons. The fraction of sp³-hybridized carbons (Fsp3) is 0.308. The second-order valence-electron chi connectivity index (χ2n) is 4.11. The van der Waals surface area contributed by atoms with E-state index in [9.17, 15) is 9.18 Å². The van der Waals surface area contributed by atoms with E-state index in [1.54, 1.807) is 19.1 Å². The van der Waals surface area contributed by atoms with Crippen molar-refractivity contribution >= 4 is 29.5 Å². The van der Waals surface area contributed by atoms with Crippen LogP contribution in [0.1, 0.15) is 6.92 Å². The maximum atomic E-state index is 12.9. The van der Waals surface area contributed by atoms with Crippen molar-refractivity contribution in [1.29, 1.82) is 0 Å². The monoisotopic (exact) mass is 312 g/mol. The molecule has 0 aromatic heterocycles. The lowest BCUT2D eigenvalue weighted by Gasteiger charge is -2.21. The summed E-state index contributed by atoms with van der Waals surface area (Å²) < 4.78 is 17.7. The predicted octanol–water partition coefficient (Wildman–Crippen LogP) is 3.85. The molecule has 1 heterocycles. The first-order valence-electron chi connectivity index (χ1n) is 5.74. The summed E-state index contributed by atoms with van der Waals surface area (Å²) in [5.41, 5.74) is 0.418. The standard InChI is InChI=1S/C13H13FN2O2S2/c1-13(20-9-6-4-8(14)5-7-9)10(12(17)18-2)11(19-3)15-16-13/h4-7H,1-3H3. The molecule has 1 aromatic carbocycles. The van der Waals surface area contributed by atoms with E-state index in [2.05, 4.69) is 10.2 Å². The molecule has 1 aliphatic rings. The van der Waals surface area contributed by atoms with Crippen molar-refractivity contribution in [2.75, 3.05) is 13.4 Å². The Labute approximate surface area is 124 Å². The fourth-order valence-electron chi connectivity index (χ4n) is 1.76. The van der Waals surface area contributed by atoms with E-state index >= 15 is 0 Å². The molecule has 1 aromatic rings. The predicted molar refractivity (Wildman–Crippen MR) is 78.1 cm³/mol. The molecule has 4 nitrogen and oxygen atoms in total. The van der Waals surface area contributed by atoms with Crippen molar-refractivity contribution in [1.82, 2.24) is 0 Å². The number of hydrogen-bond acceptors (Lipinski definition) is 6. The second kappa shape index (κ2) is 5.97. The highest BCUT2D eigenvalue weighted by molar-refractivity contribution is 8.03. The number of azo groups is 1. The highest BCUT2D eigenvalue weighted by Crippen LogP contribution is 2.47. The molecule has 0 bridgehead atoms. The molecule has 1 unspecified atom stereocenters. The summed E-state index contributed by atoms with van der Waals surface area (Å²) in [6.45, 7) is 1.79. The Balaban J connectivity index is 2.33. The lowest BCUT2D eigenvalue weighted by atomic mass is 10.1. The third kappa shape index (κ3) is 2.88. The zero-order chi connectivity index (χ0) is 14.8. The molecule has 0 spiro atoms. The van der Waals surface area contributed by atoms with Gasteiger partial charge in [0.2, 0.25) is 0 Å². The lowest BCUT2D eigenvalue weighted by Crippen LogP contribution is -2.25. The molecule has 0 saturated carbocycles. The van der Waals surface area contributed by atoms with Gasteiger partial charge in [-0.15, -0.1) is 16.9 Å². The quantitative estimate of drug-likeness (QED) is 0.792. The summed E-state index contributed by atoms with van der Waals surface area (Å²) in [5, 5.41) is 8.78. The fourth-order valence-corrected chi connectivity index (χ4v) is 3.53. The van der Waals surface area contributed by atoms with Gasteiger partial charge in [0.15, 0.2) is 4.87 Å². The summed E-state index contributed by atoms with van der Waals surface area (Å²) in [4.78, 5) is 11.9. The molecule has 0 aliphatic carbocycles. The van der Waals surface area contributed by atoms with Gasteiger partial charge in [-0.1, -0.05) is 11.8 Å². The summed E-state index contributed by atoms with van der Waals surface area (Å²) in [6.07, 6.45) is 1.82. The largest absolute Gasteiger partial charge is 0.465 e. The minimum atomic E-state index is -0.858. The number of nitrogens with zero attached hydrogens (tertiary/aromatic N) is 2. The van der Waals surface area contributed by atoms with Crippen LogP contribution in [0.2, 0.25) is 0 Å². The number of carbonyl (C=O) groups excluding carboxylic acids is 1. The maximum Gasteiger partial charge on any atom is 0.340 e. The van der Waals surface area contributed by atoms with E-state index in [-0.39, 0.29) is 5.82 Å². The van der Waals surface area contributed by atoms with Gasteiger partial charge in [-0.3, -0.25) is 0 Å². The normalized spacial score (nSPS) is 21.4. The number of rotatable bonds is 4. The first-order chi connectivity index (χ1) is 9.50. The van der Waals surface area contributed by atoms with Gasteiger partial charge in [0, 0.05) is 4.90 Å². The van der Waals surface area contributed by atoms with Crippen molar-refractivity contribution < 1.29 is 13.9 Å². The van der Waals surface area contributed by atoms with Crippen LogP contribution in [0, 0.1) is 5.82 Å². The van der Waals surface area contributed by atoms with Crippen LogP contribution in [0.15, 0.2) is 50.0 Å². The van der Waals surface area contributed by atoms with Gasteiger partial charge >= 0.3 is 5.97 Å². The Kier molecular flexibility index (Phi) is 4.49. The van der Waals surface area contributed by atoms with E-state index < -0.39 is 10.8 Å². The Hall–Kier alpha value is -1.34. The van der Waals surface area contributed by atoms with Crippen LogP contribution in [0.3, 0.4) is 0 Å². The number of carbonyl (C=O) groups is 1. The Bertz CT molecular complexity index is 587. The van der Waals surface area contributed by atoms with Crippen molar-refractivity contribution in [3.63, 3.8) is 0 Å². The molecular weight excluding hydrogens is 299 g/mol. The van der Waals surface area contributed by atoms with Crippen LogP contribution in [0.25, 0.3) is 0 Å². The minimum Gasteiger partial charge on any atom is -0.465 e.